The zero-order chi connectivity index (χ0) is 14.7. The van der Waals surface area contributed by atoms with Gasteiger partial charge in [0.2, 0.25) is 0 Å². The van der Waals surface area contributed by atoms with Gasteiger partial charge in [-0.15, -0.1) is 0 Å². The molecule has 2 aromatic carbocycles. The maximum Gasteiger partial charge on any atom is 0.417 e. The van der Waals surface area contributed by atoms with Crippen molar-refractivity contribution >= 4 is 43.6 Å². The zero-order valence-corrected chi connectivity index (χ0v) is 14.2. The van der Waals surface area contributed by atoms with Crippen LogP contribution in [0.5, 0.6) is 5.75 Å². The number of nitrogens with one attached hydrogen (secondary N) is 1. The number of hydrogen-bond donors (Lipinski definition) is 1. The van der Waals surface area contributed by atoms with Crippen molar-refractivity contribution in [1.82, 2.24) is 0 Å². The quantitative estimate of drug-likeness (QED) is 0.731. The molecule has 2 rings (SSSR count). The molecule has 0 atom stereocenters. The standard InChI is InChI=1S/C15H13Br2NO2/c1-9-3-5-12(7-10(9)2)20-15(19)18-11-4-6-13(16)14(17)8-11/h3-8H,1-2H3,(H,18,19). The number of anilines is 1. The van der Waals surface area contributed by atoms with Crippen molar-refractivity contribution in [2.45, 2.75) is 13.8 Å². The second-order valence-electron chi connectivity index (χ2n) is 4.39. The normalized spacial score (nSPS) is 10.2. The van der Waals surface area contributed by atoms with Crippen molar-refractivity contribution in [3.63, 3.8) is 0 Å². The summed E-state index contributed by atoms with van der Waals surface area (Å²) in [4.78, 5) is 11.8. The lowest BCUT2D eigenvalue weighted by molar-refractivity contribution is 0.215. The van der Waals surface area contributed by atoms with Crippen LogP contribution in [0.15, 0.2) is 45.3 Å². The minimum atomic E-state index is -0.512. The minimum absolute atomic E-state index is 0.512. The number of aryl methyl sites for hydroxylation is 2. The minimum Gasteiger partial charge on any atom is -0.410 e. The van der Waals surface area contributed by atoms with Crippen LogP contribution in [0.25, 0.3) is 0 Å². The first-order valence-electron chi connectivity index (χ1n) is 5.97. The fraction of sp³-hybridized carbons (Fsp3) is 0.133. The Hall–Kier alpha value is -1.33. The Morgan fingerprint density at radius 1 is 1.00 bits per heavy atom. The Balaban J connectivity index is 2.04. The molecule has 0 radical (unpaired) electrons. The van der Waals surface area contributed by atoms with E-state index in [1.165, 1.54) is 0 Å². The summed E-state index contributed by atoms with van der Waals surface area (Å²) in [5.41, 5.74) is 2.91. The van der Waals surface area contributed by atoms with Crippen LogP contribution in [0.1, 0.15) is 11.1 Å². The molecule has 104 valence electrons. The lowest BCUT2D eigenvalue weighted by atomic mass is 10.1. The third-order valence-corrected chi connectivity index (χ3v) is 4.73. The Labute approximate surface area is 134 Å². The number of hydrogen-bond acceptors (Lipinski definition) is 2. The Kier molecular flexibility index (Phi) is 4.83. The second-order valence-corrected chi connectivity index (χ2v) is 6.10. The molecule has 3 nitrogen and oxygen atoms in total. The summed E-state index contributed by atoms with van der Waals surface area (Å²) in [6.45, 7) is 3.99. The number of amides is 1. The van der Waals surface area contributed by atoms with Crippen molar-refractivity contribution in [3.8, 4) is 5.75 Å². The maximum atomic E-state index is 11.8. The monoisotopic (exact) mass is 397 g/mol. The molecule has 0 spiro atoms. The topological polar surface area (TPSA) is 38.3 Å². The maximum absolute atomic E-state index is 11.8. The number of carbonyl (C=O) groups is 1. The molecule has 0 unspecified atom stereocenters. The largest absolute Gasteiger partial charge is 0.417 e. The van der Waals surface area contributed by atoms with Crippen LogP contribution in [0.3, 0.4) is 0 Å². The Bertz CT molecular complexity index is 601. The number of ether oxygens (including phenoxy) is 1. The summed E-state index contributed by atoms with van der Waals surface area (Å²) < 4.78 is 7.03. The summed E-state index contributed by atoms with van der Waals surface area (Å²) in [6, 6.07) is 11.0. The molecule has 2 aromatic rings. The first-order valence-corrected chi connectivity index (χ1v) is 7.55. The van der Waals surface area contributed by atoms with Crippen LogP contribution in [-0.2, 0) is 0 Å². The van der Waals surface area contributed by atoms with Crippen molar-refractivity contribution in [3.05, 3.63) is 56.5 Å². The molecule has 0 aliphatic carbocycles. The van der Waals surface area contributed by atoms with Gasteiger partial charge in [0.25, 0.3) is 0 Å². The molecule has 1 N–H and O–H groups in total. The van der Waals surface area contributed by atoms with E-state index in [4.69, 9.17) is 4.74 Å². The average molecular weight is 399 g/mol. The second kappa shape index (κ2) is 6.41. The lowest BCUT2D eigenvalue weighted by Gasteiger charge is -2.09. The van der Waals surface area contributed by atoms with E-state index in [9.17, 15) is 4.79 Å². The average Bonchev–Trinajstić information content (AvgIpc) is 2.38. The van der Waals surface area contributed by atoms with E-state index < -0.39 is 6.09 Å². The van der Waals surface area contributed by atoms with Crippen LogP contribution in [0, 0.1) is 13.8 Å². The highest BCUT2D eigenvalue weighted by atomic mass is 79.9. The smallest absolute Gasteiger partial charge is 0.410 e. The van der Waals surface area contributed by atoms with Gasteiger partial charge >= 0.3 is 6.09 Å². The Morgan fingerprint density at radius 2 is 1.75 bits per heavy atom. The third kappa shape index (κ3) is 3.84. The van der Waals surface area contributed by atoms with Crippen LogP contribution in [0.4, 0.5) is 10.5 Å². The number of halogens is 2. The van der Waals surface area contributed by atoms with E-state index in [2.05, 4.69) is 37.2 Å². The van der Waals surface area contributed by atoms with Gasteiger partial charge in [-0.05, 0) is 87.2 Å². The lowest BCUT2D eigenvalue weighted by Crippen LogP contribution is -2.16. The highest BCUT2D eigenvalue weighted by Gasteiger charge is 2.07. The first kappa shape index (κ1) is 15.1. The van der Waals surface area contributed by atoms with E-state index in [0.29, 0.717) is 11.4 Å². The van der Waals surface area contributed by atoms with Crippen molar-refractivity contribution in [2.24, 2.45) is 0 Å². The highest BCUT2D eigenvalue weighted by Crippen LogP contribution is 2.26. The molecule has 0 saturated heterocycles. The van der Waals surface area contributed by atoms with E-state index in [-0.39, 0.29) is 0 Å². The van der Waals surface area contributed by atoms with Gasteiger partial charge in [0.15, 0.2) is 0 Å². The molecule has 0 heterocycles. The predicted molar refractivity (Wildman–Crippen MR) is 87.4 cm³/mol. The first-order chi connectivity index (χ1) is 9.45. The molecule has 20 heavy (non-hydrogen) atoms. The molecule has 5 heteroatoms. The fourth-order valence-electron chi connectivity index (χ4n) is 1.60. The van der Waals surface area contributed by atoms with Gasteiger partial charge < -0.3 is 4.74 Å². The summed E-state index contributed by atoms with van der Waals surface area (Å²) in [6.07, 6.45) is -0.512. The van der Waals surface area contributed by atoms with Gasteiger partial charge in [-0.2, -0.15) is 0 Å². The number of benzene rings is 2. The Morgan fingerprint density at radius 3 is 2.40 bits per heavy atom. The van der Waals surface area contributed by atoms with Crippen molar-refractivity contribution < 1.29 is 9.53 Å². The van der Waals surface area contributed by atoms with Crippen molar-refractivity contribution in [2.75, 3.05) is 5.32 Å². The van der Waals surface area contributed by atoms with Gasteiger partial charge in [0.1, 0.15) is 5.75 Å². The summed E-state index contributed by atoms with van der Waals surface area (Å²) in [7, 11) is 0. The predicted octanol–water partition coefficient (Wildman–Crippen LogP) is 5.44. The van der Waals surface area contributed by atoms with Crippen LogP contribution < -0.4 is 10.1 Å². The van der Waals surface area contributed by atoms with Gasteiger partial charge in [0.05, 0.1) is 0 Å². The van der Waals surface area contributed by atoms with E-state index in [0.717, 1.165) is 20.1 Å². The SMILES string of the molecule is Cc1ccc(OC(=O)Nc2ccc(Br)c(Br)c2)cc1C. The zero-order valence-electron chi connectivity index (χ0n) is 11.0. The molecular formula is C15H13Br2NO2. The molecule has 0 saturated carbocycles. The summed E-state index contributed by atoms with van der Waals surface area (Å²) >= 11 is 6.75. The summed E-state index contributed by atoms with van der Waals surface area (Å²) in [5.74, 6) is 0.529. The number of carbonyl (C=O) groups excluding carboxylic acids is 1. The fourth-order valence-corrected chi connectivity index (χ4v) is 2.23. The van der Waals surface area contributed by atoms with Gasteiger partial charge in [-0.3, -0.25) is 5.32 Å². The van der Waals surface area contributed by atoms with Crippen LogP contribution in [-0.4, -0.2) is 6.09 Å². The van der Waals surface area contributed by atoms with Gasteiger partial charge in [-0.25, -0.2) is 4.79 Å². The molecule has 1 amide bonds. The van der Waals surface area contributed by atoms with E-state index >= 15 is 0 Å². The highest BCUT2D eigenvalue weighted by molar-refractivity contribution is 9.13. The van der Waals surface area contributed by atoms with Crippen molar-refractivity contribution in [1.29, 1.82) is 0 Å². The van der Waals surface area contributed by atoms with Crippen LogP contribution >= 0.6 is 31.9 Å². The van der Waals surface area contributed by atoms with E-state index in [1.807, 2.05) is 32.0 Å². The molecule has 0 aliphatic rings. The molecular weight excluding hydrogens is 386 g/mol. The van der Waals surface area contributed by atoms with E-state index in [1.54, 1.807) is 18.2 Å². The van der Waals surface area contributed by atoms with Gasteiger partial charge in [0, 0.05) is 14.6 Å². The molecule has 0 fully saturated rings. The molecule has 0 aromatic heterocycles. The molecule has 0 aliphatic heterocycles. The summed E-state index contributed by atoms with van der Waals surface area (Å²) in [5, 5.41) is 2.68. The number of rotatable bonds is 2. The van der Waals surface area contributed by atoms with Crippen LogP contribution in [0.2, 0.25) is 0 Å². The third-order valence-electron chi connectivity index (χ3n) is 2.85. The molecule has 0 bridgehead atoms. The van der Waals surface area contributed by atoms with Gasteiger partial charge in [-0.1, -0.05) is 6.07 Å².